The van der Waals surface area contributed by atoms with Crippen LogP contribution in [0.5, 0.6) is 23.0 Å². The number of benzene rings is 4. The van der Waals surface area contributed by atoms with Crippen molar-refractivity contribution in [2.24, 2.45) is 5.73 Å². The van der Waals surface area contributed by atoms with Crippen LogP contribution in [0.15, 0.2) is 97.1 Å². The summed E-state index contributed by atoms with van der Waals surface area (Å²) < 4.78 is 23.0. The molecule has 0 saturated heterocycles. The number of hydrogen-bond donors (Lipinski definition) is 2. The molecular weight excluding hydrogens is 454 g/mol. The van der Waals surface area contributed by atoms with Gasteiger partial charge in [-0.25, -0.2) is 0 Å². The van der Waals surface area contributed by atoms with E-state index in [0.717, 1.165) is 11.1 Å². The Morgan fingerprint density at radius 3 is 1.56 bits per heavy atom. The molecule has 0 spiro atoms. The molecule has 0 fully saturated rings. The molecule has 6 heteroatoms. The minimum Gasteiger partial charge on any atom is -0.497 e. The highest BCUT2D eigenvalue weighted by Gasteiger charge is 2.26. The fourth-order valence-corrected chi connectivity index (χ4v) is 3.89. The van der Waals surface area contributed by atoms with Gasteiger partial charge in [0.15, 0.2) is 0 Å². The summed E-state index contributed by atoms with van der Waals surface area (Å²) in [5.74, 6) is 2.31. The first kappa shape index (κ1) is 25.1. The van der Waals surface area contributed by atoms with E-state index in [1.807, 2.05) is 66.7 Å². The highest BCUT2D eigenvalue weighted by Crippen LogP contribution is 2.39. The molecule has 0 heterocycles. The normalized spacial score (nSPS) is 12.4. The Morgan fingerprint density at radius 2 is 1.08 bits per heavy atom. The van der Waals surface area contributed by atoms with Crippen LogP contribution in [0.1, 0.15) is 34.4 Å². The molecule has 4 rings (SSSR count). The quantitative estimate of drug-likeness (QED) is 0.288. The van der Waals surface area contributed by atoms with Gasteiger partial charge in [0.2, 0.25) is 0 Å². The summed E-state index contributed by atoms with van der Waals surface area (Å²) in [7, 11) is 3.18. The third-order valence-corrected chi connectivity index (χ3v) is 5.93. The number of ether oxygens (including phenoxy) is 4. The summed E-state index contributed by atoms with van der Waals surface area (Å²) in [4.78, 5) is 0. The minimum absolute atomic E-state index is 0.344. The number of rotatable bonds is 11. The van der Waals surface area contributed by atoms with Crippen LogP contribution < -0.4 is 24.7 Å². The van der Waals surface area contributed by atoms with Gasteiger partial charge in [0.1, 0.15) is 42.3 Å². The van der Waals surface area contributed by atoms with Gasteiger partial charge in [-0.1, -0.05) is 60.7 Å². The maximum Gasteiger partial charge on any atom is 0.129 e. The average Bonchev–Trinajstić information content (AvgIpc) is 2.95. The molecular formula is C30H31NO5. The summed E-state index contributed by atoms with van der Waals surface area (Å²) >= 11 is 0. The molecule has 0 aromatic heterocycles. The molecule has 0 radical (unpaired) electrons. The third kappa shape index (κ3) is 6.16. The fourth-order valence-electron chi connectivity index (χ4n) is 3.89. The van der Waals surface area contributed by atoms with Gasteiger partial charge in [0, 0.05) is 23.3 Å². The maximum absolute atomic E-state index is 11.4. The zero-order chi connectivity index (χ0) is 25.3. The third-order valence-electron chi connectivity index (χ3n) is 5.93. The van der Waals surface area contributed by atoms with Gasteiger partial charge < -0.3 is 29.8 Å². The van der Waals surface area contributed by atoms with Crippen molar-refractivity contribution < 1.29 is 24.1 Å². The van der Waals surface area contributed by atoms with Crippen LogP contribution in [0.25, 0.3) is 0 Å². The lowest BCUT2D eigenvalue weighted by molar-refractivity contribution is 0.138. The molecule has 2 atom stereocenters. The molecule has 0 bridgehead atoms. The zero-order valence-electron chi connectivity index (χ0n) is 20.5. The van der Waals surface area contributed by atoms with Crippen molar-refractivity contribution in [3.05, 3.63) is 119 Å². The van der Waals surface area contributed by atoms with E-state index in [9.17, 15) is 5.11 Å². The van der Waals surface area contributed by atoms with Crippen molar-refractivity contribution in [3.8, 4) is 23.0 Å². The predicted octanol–water partition coefficient (Wildman–Crippen LogP) is 5.60. The molecule has 3 N–H and O–H groups in total. The molecule has 0 aliphatic carbocycles. The Hall–Kier alpha value is -4.00. The van der Waals surface area contributed by atoms with E-state index in [-0.39, 0.29) is 0 Å². The average molecular weight is 486 g/mol. The lowest BCUT2D eigenvalue weighted by atomic mass is 9.95. The molecule has 6 nitrogen and oxygen atoms in total. The van der Waals surface area contributed by atoms with E-state index in [1.54, 1.807) is 44.6 Å². The summed E-state index contributed by atoms with van der Waals surface area (Å²) in [6.45, 7) is 0.703. The molecule has 0 saturated carbocycles. The Kier molecular flexibility index (Phi) is 8.44. The molecule has 0 aliphatic heterocycles. The van der Waals surface area contributed by atoms with E-state index in [2.05, 4.69) is 0 Å². The lowest BCUT2D eigenvalue weighted by Crippen LogP contribution is -2.21. The van der Waals surface area contributed by atoms with Crippen LogP contribution >= 0.6 is 0 Å². The van der Waals surface area contributed by atoms with Crippen molar-refractivity contribution in [2.45, 2.75) is 25.4 Å². The molecule has 0 amide bonds. The Bertz CT molecular complexity index is 1150. The van der Waals surface area contributed by atoms with Crippen LogP contribution in [0, 0.1) is 0 Å². The highest BCUT2D eigenvalue weighted by atomic mass is 16.5. The summed E-state index contributed by atoms with van der Waals surface area (Å²) in [5.41, 5.74) is 9.87. The Morgan fingerprint density at radius 1 is 0.639 bits per heavy atom. The van der Waals surface area contributed by atoms with Gasteiger partial charge in [-0.15, -0.1) is 0 Å². The molecule has 0 unspecified atom stereocenters. The number of nitrogens with two attached hydrogens (primary N) is 1. The second-order valence-corrected chi connectivity index (χ2v) is 8.33. The van der Waals surface area contributed by atoms with Crippen LogP contribution in [0.2, 0.25) is 0 Å². The van der Waals surface area contributed by atoms with Crippen molar-refractivity contribution >= 4 is 0 Å². The second kappa shape index (κ2) is 12.1. The van der Waals surface area contributed by atoms with Gasteiger partial charge in [0.05, 0.1) is 20.3 Å². The lowest BCUT2D eigenvalue weighted by Gasteiger charge is -2.24. The van der Waals surface area contributed by atoms with E-state index >= 15 is 0 Å². The molecule has 186 valence electrons. The summed E-state index contributed by atoms with van der Waals surface area (Å²) in [5, 5.41) is 11.4. The van der Waals surface area contributed by atoms with E-state index in [0.29, 0.717) is 47.3 Å². The molecule has 4 aromatic carbocycles. The monoisotopic (exact) mass is 485 g/mol. The van der Waals surface area contributed by atoms with E-state index < -0.39 is 12.1 Å². The summed E-state index contributed by atoms with van der Waals surface area (Å²) in [6.07, 6.45) is -1.06. The van der Waals surface area contributed by atoms with Crippen molar-refractivity contribution in [1.82, 2.24) is 0 Å². The maximum atomic E-state index is 11.4. The topological polar surface area (TPSA) is 83.2 Å². The molecule has 0 aliphatic rings. The second-order valence-electron chi connectivity index (χ2n) is 8.33. The number of aliphatic hydroxyl groups excluding tert-OH is 1. The van der Waals surface area contributed by atoms with E-state index in [4.69, 9.17) is 24.7 Å². The van der Waals surface area contributed by atoms with Crippen molar-refractivity contribution in [2.75, 3.05) is 14.2 Å². The van der Waals surface area contributed by atoms with Crippen LogP contribution in [0.3, 0.4) is 0 Å². The highest BCUT2D eigenvalue weighted by molar-refractivity contribution is 5.47. The van der Waals surface area contributed by atoms with Crippen LogP contribution in [-0.2, 0) is 13.2 Å². The standard InChI is InChI=1S/C30H31NO5/c1-33-23-13-15-25(27(17-23)35-19-21-9-5-3-6-10-21)29(31)30(32)26-16-14-24(34-2)18-28(26)36-20-22-11-7-4-8-12-22/h3-18,29-30,32H,19-20,31H2,1-2H3/t29-,30+/m1/s1. The number of methoxy groups -OCH3 is 2. The molecule has 36 heavy (non-hydrogen) atoms. The smallest absolute Gasteiger partial charge is 0.129 e. The van der Waals surface area contributed by atoms with Gasteiger partial charge in [-0.3, -0.25) is 0 Å². The van der Waals surface area contributed by atoms with Gasteiger partial charge in [-0.2, -0.15) is 0 Å². The number of aliphatic hydroxyl groups is 1. The Labute approximate surface area is 211 Å². The first-order chi connectivity index (χ1) is 17.6. The fraction of sp³-hybridized carbons (Fsp3) is 0.200. The number of hydrogen-bond acceptors (Lipinski definition) is 6. The first-order valence-corrected chi connectivity index (χ1v) is 11.7. The van der Waals surface area contributed by atoms with E-state index in [1.165, 1.54) is 0 Å². The van der Waals surface area contributed by atoms with Crippen molar-refractivity contribution in [1.29, 1.82) is 0 Å². The van der Waals surface area contributed by atoms with Gasteiger partial charge in [0.25, 0.3) is 0 Å². The first-order valence-electron chi connectivity index (χ1n) is 11.7. The zero-order valence-corrected chi connectivity index (χ0v) is 20.5. The van der Waals surface area contributed by atoms with Crippen LogP contribution in [-0.4, -0.2) is 19.3 Å². The van der Waals surface area contributed by atoms with Crippen LogP contribution in [0.4, 0.5) is 0 Å². The molecule has 4 aromatic rings. The SMILES string of the molecule is COc1ccc([C@@H](N)[C@@H](O)c2ccc(OC)cc2OCc2ccccc2)c(OCc2ccccc2)c1. The van der Waals surface area contributed by atoms with Crippen molar-refractivity contribution in [3.63, 3.8) is 0 Å². The van der Waals surface area contributed by atoms with Gasteiger partial charge >= 0.3 is 0 Å². The minimum atomic E-state index is -1.06. The largest absolute Gasteiger partial charge is 0.497 e. The predicted molar refractivity (Wildman–Crippen MR) is 139 cm³/mol. The van der Waals surface area contributed by atoms with Gasteiger partial charge in [-0.05, 0) is 35.4 Å². The summed E-state index contributed by atoms with van der Waals surface area (Å²) in [6, 6.07) is 29.6. The Balaban J connectivity index is 1.60.